The number of aryl methyl sites for hydroxylation is 1. The summed E-state index contributed by atoms with van der Waals surface area (Å²) in [7, 11) is 0. The first-order valence-electron chi connectivity index (χ1n) is 15.2. The summed E-state index contributed by atoms with van der Waals surface area (Å²) in [4.78, 5) is 55.3. The number of benzene rings is 1. The smallest absolute Gasteiger partial charge is 0.315 e. The molecular weight excluding hydrogens is 633 g/mol. The zero-order chi connectivity index (χ0) is 31.5. The van der Waals surface area contributed by atoms with Crippen LogP contribution in [-0.4, -0.2) is 73.2 Å². The Bertz CT molecular complexity index is 1630. The molecule has 0 unspecified atom stereocenters. The molecule has 6 rings (SSSR count). The van der Waals surface area contributed by atoms with E-state index in [-0.39, 0.29) is 41.2 Å². The van der Waals surface area contributed by atoms with Crippen LogP contribution in [0, 0.1) is 0 Å². The maximum atomic E-state index is 12.6. The first-order valence-corrected chi connectivity index (χ1v) is 17.9. The fourth-order valence-electron chi connectivity index (χ4n) is 5.79. The lowest BCUT2D eigenvalue weighted by Crippen LogP contribution is -2.36. The Morgan fingerprint density at radius 3 is 2.82 bits per heavy atom. The van der Waals surface area contributed by atoms with Gasteiger partial charge in [0.05, 0.1) is 28.0 Å². The summed E-state index contributed by atoms with van der Waals surface area (Å²) in [5.74, 6) is 1.19. The van der Waals surface area contributed by atoms with Crippen molar-refractivity contribution in [3.63, 3.8) is 0 Å². The molecule has 0 radical (unpaired) electrons. The van der Waals surface area contributed by atoms with Crippen LogP contribution in [0.5, 0.6) is 0 Å². The number of nitrogens with zero attached hydrogens (tertiary/aromatic N) is 3. The Balaban J connectivity index is 0.991. The lowest BCUT2D eigenvalue weighted by Gasteiger charge is -2.16. The molecule has 0 saturated carbocycles. The number of para-hydroxylation sites is 2. The molecule has 3 aliphatic rings. The third kappa shape index (κ3) is 7.23. The quantitative estimate of drug-likeness (QED) is 0.123. The molecule has 14 heteroatoms. The van der Waals surface area contributed by atoms with Crippen molar-refractivity contribution in [2.45, 2.75) is 86.1 Å². The number of amides is 5. The second-order valence-electron chi connectivity index (χ2n) is 11.5. The molecule has 2 aromatic heterocycles. The van der Waals surface area contributed by atoms with Gasteiger partial charge in [-0.3, -0.25) is 19.3 Å². The molecule has 3 fully saturated rings. The standard InChI is InChI=1S/C31H36N6O5S3/c1-18(2)37-28(39)24(44-31(37)41)16-19-12-13-26(42-19)45-30-34-20-8-3-4-9-22(20)36(30)15-7-14-32-25(38)11-6-5-10-23-27-21(17-43-23)33-29(40)35-27/h3-4,8-9,12-13,16,18,21,23,27H,5-7,10-11,14-15,17H2,1-2H3,(H,32,38)(H2,33,35,40)/t21-,23-,27-/m1/s1. The number of urea groups is 1. The second-order valence-corrected chi connectivity index (χ2v) is 14.7. The van der Waals surface area contributed by atoms with Crippen molar-refractivity contribution in [1.29, 1.82) is 0 Å². The van der Waals surface area contributed by atoms with Gasteiger partial charge in [0.2, 0.25) is 5.91 Å². The molecule has 45 heavy (non-hydrogen) atoms. The number of thioether (sulfide) groups is 2. The van der Waals surface area contributed by atoms with Gasteiger partial charge in [-0.2, -0.15) is 11.8 Å². The van der Waals surface area contributed by atoms with Gasteiger partial charge >= 0.3 is 6.03 Å². The molecule has 3 atom stereocenters. The lowest BCUT2D eigenvalue weighted by molar-refractivity contribution is -0.124. The van der Waals surface area contributed by atoms with Gasteiger partial charge in [-0.05, 0) is 80.9 Å². The zero-order valence-electron chi connectivity index (χ0n) is 25.1. The summed E-state index contributed by atoms with van der Waals surface area (Å²) in [5.41, 5.74) is 1.87. The topological polar surface area (TPSA) is 139 Å². The number of nitrogens with one attached hydrogen (secondary N) is 3. The Kier molecular flexibility index (Phi) is 9.81. The van der Waals surface area contributed by atoms with Crippen molar-refractivity contribution < 1.29 is 23.6 Å². The summed E-state index contributed by atoms with van der Waals surface area (Å²) >= 11 is 4.21. The number of imide groups is 1. The molecule has 11 nitrogen and oxygen atoms in total. The summed E-state index contributed by atoms with van der Waals surface area (Å²) in [6.07, 6.45) is 5.63. The monoisotopic (exact) mass is 668 g/mol. The first kappa shape index (κ1) is 31.6. The first-order chi connectivity index (χ1) is 21.8. The van der Waals surface area contributed by atoms with E-state index in [9.17, 15) is 19.2 Å². The van der Waals surface area contributed by atoms with Crippen LogP contribution in [0.15, 0.2) is 56.0 Å². The summed E-state index contributed by atoms with van der Waals surface area (Å²) in [6.45, 7) is 4.85. The minimum Gasteiger partial charge on any atom is -0.450 e. The van der Waals surface area contributed by atoms with Gasteiger partial charge in [-0.15, -0.1) is 0 Å². The van der Waals surface area contributed by atoms with Crippen molar-refractivity contribution >= 4 is 75.5 Å². The fraction of sp³-hybridized carbons (Fsp3) is 0.452. The molecule has 238 valence electrons. The number of hydrogen-bond donors (Lipinski definition) is 3. The van der Waals surface area contributed by atoms with Crippen LogP contribution in [0.3, 0.4) is 0 Å². The molecule has 1 aromatic carbocycles. The maximum Gasteiger partial charge on any atom is 0.315 e. The van der Waals surface area contributed by atoms with Crippen LogP contribution in [0.2, 0.25) is 0 Å². The van der Waals surface area contributed by atoms with E-state index in [4.69, 9.17) is 9.40 Å². The molecule has 0 bridgehead atoms. The molecule has 3 saturated heterocycles. The van der Waals surface area contributed by atoms with Crippen LogP contribution >= 0.6 is 35.3 Å². The zero-order valence-corrected chi connectivity index (χ0v) is 27.6. The lowest BCUT2D eigenvalue weighted by atomic mass is 10.0. The SMILES string of the molecule is CC(C)N1C(=O)SC(=Cc2ccc(Sc3nc4ccccc4n3CCCNC(=O)CCCC[C@H]3SC[C@H]4NC(=O)N[C@H]43)o2)C1=O. The fourth-order valence-corrected chi connectivity index (χ4v) is 9.17. The molecule has 3 aliphatic heterocycles. The summed E-state index contributed by atoms with van der Waals surface area (Å²) in [5, 5.41) is 10.6. The van der Waals surface area contributed by atoms with E-state index in [2.05, 4.69) is 20.5 Å². The predicted molar refractivity (Wildman–Crippen MR) is 177 cm³/mol. The van der Waals surface area contributed by atoms with Crippen molar-refractivity contribution in [3.05, 3.63) is 47.1 Å². The number of fused-ring (bicyclic) bond motifs is 2. The number of imidazole rings is 1. The average Bonchev–Trinajstić information content (AvgIpc) is 3.81. The van der Waals surface area contributed by atoms with E-state index in [0.29, 0.717) is 40.5 Å². The molecule has 0 spiro atoms. The van der Waals surface area contributed by atoms with E-state index in [0.717, 1.165) is 59.4 Å². The maximum absolute atomic E-state index is 12.6. The molecule has 5 amide bonds. The number of carbonyl (C=O) groups is 4. The number of unbranched alkanes of at least 4 members (excludes halogenated alkanes) is 1. The third-order valence-corrected chi connectivity index (χ3v) is 11.3. The van der Waals surface area contributed by atoms with Gasteiger partial charge in [-0.1, -0.05) is 18.6 Å². The van der Waals surface area contributed by atoms with Crippen LogP contribution in [-0.2, 0) is 16.1 Å². The minimum absolute atomic E-state index is 0.0576. The van der Waals surface area contributed by atoms with Crippen LogP contribution in [0.1, 0.15) is 51.7 Å². The van der Waals surface area contributed by atoms with Crippen molar-refractivity contribution in [2.75, 3.05) is 12.3 Å². The van der Waals surface area contributed by atoms with E-state index >= 15 is 0 Å². The highest BCUT2D eigenvalue weighted by Gasteiger charge is 2.42. The Morgan fingerprint density at radius 2 is 2.00 bits per heavy atom. The largest absolute Gasteiger partial charge is 0.450 e. The summed E-state index contributed by atoms with van der Waals surface area (Å²) in [6, 6.07) is 11.7. The number of rotatable bonds is 13. The number of hydrogen-bond acceptors (Lipinski definition) is 9. The van der Waals surface area contributed by atoms with Crippen LogP contribution in [0.25, 0.3) is 17.1 Å². The van der Waals surface area contributed by atoms with Crippen LogP contribution in [0.4, 0.5) is 9.59 Å². The Morgan fingerprint density at radius 1 is 1.16 bits per heavy atom. The van der Waals surface area contributed by atoms with Gasteiger partial charge in [0.15, 0.2) is 10.2 Å². The second kappa shape index (κ2) is 14.0. The van der Waals surface area contributed by atoms with Crippen molar-refractivity contribution in [2.24, 2.45) is 0 Å². The molecule has 3 aromatic rings. The highest BCUT2D eigenvalue weighted by atomic mass is 32.2. The van der Waals surface area contributed by atoms with Gasteiger partial charge in [-0.25, -0.2) is 9.78 Å². The van der Waals surface area contributed by atoms with Gasteiger partial charge < -0.3 is 24.9 Å². The molecule has 3 N–H and O–H groups in total. The van der Waals surface area contributed by atoms with Crippen molar-refractivity contribution in [1.82, 2.24) is 30.4 Å². The van der Waals surface area contributed by atoms with Gasteiger partial charge in [0, 0.05) is 42.6 Å². The normalized spacial score (nSPS) is 22.1. The Labute approximate surface area is 274 Å². The number of furan rings is 1. The molecule has 5 heterocycles. The highest BCUT2D eigenvalue weighted by Crippen LogP contribution is 2.36. The van der Waals surface area contributed by atoms with Crippen LogP contribution < -0.4 is 16.0 Å². The minimum atomic E-state index is -0.307. The highest BCUT2D eigenvalue weighted by molar-refractivity contribution is 8.18. The van der Waals surface area contributed by atoms with E-state index in [1.165, 1.54) is 16.7 Å². The number of carbonyl (C=O) groups excluding carboxylic acids is 4. The Hall–Kier alpha value is -3.36. The van der Waals surface area contributed by atoms with Gasteiger partial charge in [0.1, 0.15) is 5.76 Å². The molecular formula is C31H36N6O5S3. The third-order valence-electron chi connectivity index (χ3n) is 7.99. The molecule has 0 aliphatic carbocycles. The van der Waals surface area contributed by atoms with Gasteiger partial charge in [0.25, 0.3) is 11.1 Å². The van der Waals surface area contributed by atoms with E-state index < -0.39 is 0 Å². The van der Waals surface area contributed by atoms with Crippen molar-refractivity contribution in [3.8, 4) is 0 Å². The van der Waals surface area contributed by atoms with E-state index in [1.807, 2.05) is 55.9 Å². The predicted octanol–water partition coefficient (Wildman–Crippen LogP) is 5.46. The average molecular weight is 669 g/mol. The summed E-state index contributed by atoms with van der Waals surface area (Å²) < 4.78 is 8.13. The van der Waals surface area contributed by atoms with E-state index in [1.54, 1.807) is 12.1 Å². The number of aromatic nitrogens is 2.